The van der Waals surface area contributed by atoms with E-state index in [0.29, 0.717) is 29.2 Å². The molecule has 0 bridgehead atoms. The molecular weight excluding hydrogens is 431 g/mol. The molecule has 3 rings (SSSR count). The molecule has 0 atom stereocenters. The van der Waals surface area contributed by atoms with Crippen LogP contribution in [0.5, 0.6) is 0 Å². The Balaban J connectivity index is 1.93. The molecule has 0 aliphatic rings. The number of aliphatic hydroxyl groups is 1. The minimum absolute atomic E-state index is 0.0377. The number of nitrogens with one attached hydrogen (secondary N) is 2. The highest BCUT2D eigenvalue weighted by atomic mass is 32.2. The van der Waals surface area contributed by atoms with Gasteiger partial charge in [0.15, 0.2) is 0 Å². The van der Waals surface area contributed by atoms with E-state index in [1.54, 1.807) is 44.2 Å². The molecule has 3 N–H and O–H groups in total. The van der Waals surface area contributed by atoms with Crippen LogP contribution < -0.4 is 10.0 Å². The molecule has 0 spiro atoms. The lowest BCUT2D eigenvalue weighted by Gasteiger charge is -2.22. The molecule has 0 saturated heterocycles. The molecule has 1 heterocycles. The van der Waals surface area contributed by atoms with E-state index in [-0.39, 0.29) is 23.6 Å². The van der Waals surface area contributed by atoms with Crippen molar-refractivity contribution in [3.8, 4) is 22.4 Å². The molecule has 0 unspecified atom stereocenters. The minimum Gasteiger partial charge on any atom is -0.396 e. The van der Waals surface area contributed by atoms with Crippen molar-refractivity contribution in [1.29, 1.82) is 0 Å². The van der Waals surface area contributed by atoms with Gasteiger partial charge in [0.2, 0.25) is 10.0 Å². The summed E-state index contributed by atoms with van der Waals surface area (Å²) >= 11 is 0. The second-order valence-corrected chi connectivity index (χ2v) is 9.89. The quantitative estimate of drug-likeness (QED) is 0.452. The predicted octanol–water partition coefficient (Wildman–Crippen LogP) is 3.68. The van der Waals surface area contributed by atoms with Gasteiger partial charge in [-0.05, 0) is 30.7 Å². The van der Waals surface area contributed by atoms with Gasteiger partial charge in [0.05, 0.1) is 23.0 Å². The molecule has 0 amide bonds. The summed E-state index contributed by atoms with van der Waals surface area (Å²) in [7, 11) is -3.88. The highest BCUT2D eigenvalue weighted by Crippen LogP contribution is 2.31. The zero-order valence-electron chi connectivity index (χ0n) is 18.3. The third-order valence-corrected chi connectivity index (χ3v) is 6.37. The zero-order chi connectivity index (χ0) is 23.4. The third-order valence-electron chi connectivity index (χ3n) is 4.91. The first-order chi connectivity index (χ1) is 15.2. The van der Waals surface area contributed by atoms with Crippen molar-refractivity contribution in [3.63, 3.8) is 0 Å². The highest BCUT2D eigenvalue weighted by molar-refractivity contribution is 7.89. The number of aromatic nitrogens is 2. The molecule has 1 aromatic heterocycles. The molecule has 170 valence electrons. The van der Waals surface area contributed by atoms with Crippen LogP contribution in [0.25, 0.3) is 22.4 Å². The van der Waals surface area contributed by atoms with Gasteiger partial charge >= 0.3 is 0 Å². The van der Waals surface area contributed by atoms with Crippen LogP contribution in [0.1, 0.15) is 20.8 Å². The van der Waals surface area contributed by atoms with E-state index in [9.17, 15) is 17.9 Å². The largest absolute Gasteiger partial charge is 0.396 e. The first kappa shape index (κ1) is 23.8. The Labute approximate surface area is 187 Å². The van der Waals surface area contributed by atoms with Crippen molar-refractivity contribution in [3.05, 3.63) is 60.7 Å². The third kappa shape index (κ3) is 5.48. The molecule has 0 saturated carbocycles. The molecule has 9 heteroatoms. The maximum absolute atomic E-state index is 15.0. The van der Waals surface area contributed by atoms with Gasteiger partial charge < -0.3 is 10.4 Å². The Kier molecular flexibility index (Phi) is 7.22. The number of hydrogen-bond acceptors (Lipinski definition) is 6. The van der Waals surface area contributed by atoms with Crippen molar-refractivity contribution in [2.75, 3.05) is 25.0 Å². The van der Waals surface area contributed by atoms with E-state index in [2.05, 4.69) is 20.0 Å². The average molecular weight is 459 g/mol. The van der Waals surface area contributed by atoms with Crippen molar-refractivity contribution < 1.29 is 17.9 Å². The Morgan fingerprint density at radius 3 is 2.44 bits per heavy atom. The Morgan fingerprint density at radius 1 is 1.06 bits per heavy atom. The normalized spacial score (nSPS) is 12.0. The second kappa shape index (κ2) is 9.72. The summed E-state index contributed by atoms with van der Waals surface area (Å²) < 4.78 is 43.4. The minimum atomic E-state index is -3.88. The van der Waals surface area contributed by atoms with Gasteiger partial charge in [-0.2, -0.15) is 0 Å². The fraction of sp³-hybridized carbons (Fsp3) is 0.304. The van der Waals surface area contributed by atoms with Crippen LogP contribution in [0.3, 0.4) is 0 Å². The Hall–Kier alpha value is -2.88. The molecule has 7 nitrogen and oxygen atoms in total. The van der Waals surface area contributed by atoms with Crippen molar-refractivity contribution >= 4 is 15.8 Å². The van der Waals surface area contributed by atoms with Crippen LogP contribution >= 0.6 is 0 Å². The van der Waals surface area contributed by atoms with Crippen LogP contribution in [-0.4, -0.2) is 43.2 Å². The molecule has 2 aromatic carbocycles. The lowest BCUT2D eigenvalue weighted by atomic mass is 9.96. The van der Waals surface area contributed by atoms with E-state index in [1.165, 1.54) is 24.5 Å². The SMILES string of the molecule is CCNc1cnc(-c2ccc(-c3ccccc3S(=O)(=O)NCC(C)(C)CO)cc2F)cn1. The number of benzene rings is 2. The van der Waals surface area contributed by atoms with E-state index < -0.39 is 21.3 Å². The Morgan fingerprint density at radius 2 is 1.81 bits per heavy atom. The van der Waals surface area contributed by atoms with Gasteiger partial charge in [0, 0.05) is 36.2 Å². The van der Waals surface area contributed by atoms with Gasteiger partial charge in [-0.15, -0.1) is 0 Å². The fourth-order valence-corrected chi connectivity index (χ4v) is 4.46. The molecule has 0 aliphatic heterocycles. The fourth-order valence-electron chi connectivity index (χ4n) is 2.99. The van der Waals surface area contributed by atoms with Crippen LogP contribution in [0, 0.1) is 11.2 Å². The maximum Gasteiger partial charge on any atom is 0.241 e. The second-order valence-electron chi connectivity index (χ2n) is 8.15. The first-order valence-electron chi connectivity index (χ1n) is 10.2. The summed E-state index contributed by atoms with van der Waals surface area (Å²) in [5, 5.41) is 12.4. The van der Waals surface area contributed by atoms with Crippen LogP contribution in [0.2, 0.25) is 0 Å². The van der Waals surface area contributed by atoms with Crippen LogP contribution in [0.4, 0.5) is 10.2 Å². The number of anilines is 1. The van der Waals surface area contributed by atoms with Gasteiger partial charge in [0.25, 0.3) is 0 Å². The number of sulfonamides is 1. The molecule has 0 fully saturated rings. The van der Waals surface area contributed by atoms with Crippen molar-refractivity contribution in [1.82, 2.24) is 14.7 Å². The number of nitrogens with zero attached hydrogens (tertiary/aromatic N) is 2. The van der Waals surface area contributed by atoms with E-state index in [4.69, 9.17) is 0 Å². The van der Waals surface area contributed by atoms with Crippen molar-refractivity contribution in [2.24, 2.45) is 5.41 Å². The molecule has 32 heavy (non-hydrogen) atoms. The van der Waals surface area contributed by atoms with Gasteiger partial charge in [-0.25, -0.2) is 22.5 Å². The van der Waals surface area contributed by atoms with E-state index in [0.717, 1.165) is 0 Å². The average Bonchev–Trinajstić information content (AvgIpc) is 2.79. The lowest BCUT2D eigenvalue weighted by Crippen LogP contribution is -2.36. The summed E-state index contributed by atoms with van der Waals surface area (Å²) in [5.41, 5.74) is 0.836. The van der Waals surface area contributed by atoms with Gasteiger partial charge in [-0.3, -0.25) is 4.98 Å². The highest BCUT2D eigenvalue weighted by Gasteiger charge is 2.24. The Bertz CT molecular complexity index is 1180. The number of rotatable bonds is 9. The number of aliphatic hydroxyl groups excluding tert-OH is 1. The maximum atomic E-state index is 15.0. The summed E-state index contributed by atoms with van der Waals surface area (Å²) in [6, 6.07) is 10.9. The summed E-state index contributed by atoms with van der Waals surface area (Å²) in [4.78, 5) is 8.50. The van der Waals surface area contributed by atoms with Crippen LogP contribution in [-0.2, 0) is 10.0 Å². The number of halogens is 1. The molecule has 0 radical (unpaired) electrons. The molecular formula is C23H27FN4O3S. The summed E-state index contributed by atoms with van der Waals surface area (Å²) in [6.45, 7) is 6.05. The van der Waals surface area contributed by atoms with E-state index >= 15 is 0 Å². The topological polar surface area (TPSA) is 104 Å². The number of hydrogen-bond donors (Lipinski definition) is 3. The van der Waals surface area contributed by atoms with Gasteiger partial charge in [0.1, 0.15) is 11.6 Å². The standard InChI is InChI=1S/C23H27FN4O3S/c1-4-25-22-13-26-20(12-27-22)18-10-9-16(11-19(18)24)17-7-5-6-8-21(17)32(30,31)28-14-23(2,3)15-29/h5-13,28-29H,4,14-15H2,1-3H3,(H,25,27). The predicted molar refractivity (Wildman–Crippen MR) is 123 cm³/mol. The van der Waals surface area contributed by atoms with Crippen LogP contribution in [0.15, 0.2) is 59.8 Å². The van der Waals surface area contributed by atoms with Crippen molar-refractivity contribution in [2.45, 2.75) is 25.7 Å². The smallest absolute Gasteiger partial charge is 0.241 e. The summed E-state index contributed by atoms with van der Waals surface area (Å²) in [6.07, 6.45) is 3.02. The van der Waals surface area contributed by atoms with Gasteiger partial charge in [-0.1, -0.05) is 38.1 Å². The molecule has 0 aliphatic carbocycles. The van der Waals surface area contributed by atoms with E-state index in [1.807, 2.05) is 6.92 Å². The first-order valence-corrected chi connectivity index (χ1v) is 11.7. The summed E-state index contributed by atoms with van der Waals surface area (Å²) in [5.74, 6) is 0.0684. The lowest BCUT2D eigenvalue weighted by molar-refractivity contribution is 0.163. The molecule has 3 aromatic rings. The zero-order valence-corrected chi connectivity index (χ0v) is 19.1. The monoisotopic (exact) mass is 458 g/mol.